The summed E-state index contributed by atoms with van der Waals surface area (Å²) in [5.41, 5.74) is 4.03. The van der Waals surface area contributed by atoms with Crippen molar-refractivity contribution in [3.8, 4) is 28.9 Å². The number of pyridine rings is 2. The predicted octanol–water partition coefficient (Wildman–Crippen LogP) is 9.00. The maximum Gasteiger partial charge on any atom is 0.268 e. The Morgan fingerprint density at radius 3 is 1.53 bits per heavy atom. The third-order valence-corrected chi connectivity index (χ3v) is 11.2. The third-order valence-electron chi connectivity index (χ3n) is 11.2. The zero-order chi connectivity index (χ0) is 39.5. The van der Waals surface area contributed by atoms with Crippen molar-refractivity contribution in [1.29, 1.82) is 0 Å². The molecule has 1 aliphatic heterocycles. The molecule has 0 spiro atoms. The first-order chi connectivity index (χ1) is 26.3. The summed E-state index contributed by atoms with van der Waals surface area (Å²) in [6.07, 6.45) is 3.89. The summed E-state index contributed by atoms with van der Waals surface area (Å²) in [5, 5.41) is 27.7. The number of benzene rings is 4. The monoisotopic (exact) mass is 742 g/mol. The van der Waals surface area contributed by atoms with Crippen molar-refractivity contribution in [3.05, 3.63) is 96.1 Å². The van der Waals surface area contributed by atoms with Gasteiger partial charge in [0.2, 0.25) is 11.8 Å². The van der Waals surface area contributed by atoms with Crippen LogP contribution in [-0.2, 0) is 0 Å². The summed E-state index contributed by atoms with van der Waals surface area (Å²) >= 11 is 0. The molecular formula is C46H54N4O5. The van der Waals surface area contributed by atoms with Crippen LogP contribution < -0.4 is 26.6 Å². The Balaban J connectivity index is 1.75. The van der Waals surface area contributed by atoms with Gasteiger partial charge in [0.25, 0.3) is 11.1 Å². The fourth-order valence-corrected chi connectivity index (χ4v) is 8.52. The lowest BCUT2D eigenvalue weighted by molar-refractivity contribution is 0.307. The number of para-hydroxylation sites is 2. The van der Waals surface area contributed by atoms with Gasteiger partial charge >= 0.3 is 0 Å². The molecule has 9 nitrogen and oxygen atoms in total. The molecule has 0 aliphatic carbocycles. The summed E-state index contributed by atoms with van der Waals surface area (Å²) in [6, 6.07) is 13.7. The van der Waals surface area contributed by atoms with Crippen LogP contribution in [0.2, 0.25) is 0 Å². The Bertz CT molecular complexity index is 2650. The summed E-state index contributed by atoms with van der Waals surface area (Å²) in [5.74, 6) is -0.0493. The molecule has 0 saturated carbocycles. The van der Waals surface area contributed by atoms with E-state index in [2.05, 4.69) is 62.3 Å². The van der Waals surface area contributed by atoms with Crippen molar-refractivity contribution in [1.82, 2.24) is 9.13 Å². The molecule has 0 fully saturated rings. The molecule has 0 unspecified atom stereocenters. The second-order valence-electron chi connectivity index (χ2n) is 16.3. The number of unbranched alkanes of at least 4 members (excludes halogenated alkanes) is 3. The Morgan fingerprint density at radius 1 is 0.618 bits per heavy atom. The van der Waals surface area contributed by atoms with Gasteiger partial charge < -0.3 is 14.9 Å². The normalized spacial score (nSPS) is 13.2. The highest BCUT2D eigenvalue weighted by atomic mass is 16.5. The molecule has 6 aromatic rings. The first kappa shape index (κ1) is 38.1. The van der Waals surface area contributed by atoms with Crippen molar-refractivity contribution in [2.75, 3.05) is 19.7 Å². The van der Waals surface area contributed by atoms with Gasteiger partial charge in [-0.2, -0.15) is 0 Å². The minimum absolute atomic E-state index is 0.0357. The van der Waals surface area contributed by atoms with E-state index in [1.807, 2.05) is 36.4 Å². The molecule has 7 rings (SSSR count). The van der Waals surface area contributed by atoms with E-state index in [1.54, 1.807) is 6.07 Å². The number of rotatable bonds is 12. The Morgan fingerprint density at radius 2 is 1.07 bits per heavy atom. The number of fused-ring (bicyclic) bond motifs is 3. The highest BCUT2D eigenvalue weighted by Gasteiger charge is 2.32. The van der Waals surface area contributed by atoms with Crippen molar-refractivity contribution in [3.63, 3.8) is 0 Å². The van der Waals surface area contributed by atoms with E-state index in [4.69, 9.17) is 14.7 Å². The van der Waals surface area contributed by atoms with Crippen molar-refractivity contribution >= 4 is 32.3 Å². The van der Waals surface area contributed by atoms with E-state index in [0.29, 0.717) is 69.1 Å². The Kier molecular flexibility index (Phi) is 10.3. The molecule has 2 N–H and O–H groups in total. The zero-order valence-electron chi connectivity index (χ0n) is 33.7. The van der Waals surface area contributed by atoms with E-state index in [-0.39, 0.29) is 46.2 Å². The number of nitrogens with zero attached hydrogens (tertiary/aromatic N) is 4. The van der Waals surface area contributed by atoms with Gasteiger partial charge in [-0.15, -0.1) is 0 Å². The van der Waals surface area contributed by atoms with E-state index in [0.717, 1.165) is 47.9 Å². The summed E-state index contributed by atoms with van der Waals surface area (Å²) in [4.78, 5) is 40.4. The van der Waals surface area contributed by atoms with Crippen LogP contribution in [0.5, 0.6) is 17.5 Å². The lowest BCUT2D eigenvalue weighted by Crippen LogP contribution is -2.40. The first-order valence-electron chi connectivity index (χ1n) is 20.1. The van der Waals surface area contributed by atoms with E-state index < -0.39 is 11.1 Å². The second kappa shape index (κ2) is 14.8. The molecule has 2 aromatic heterocycles. The van der Waals surface area contributed by atoms with Gasteiger partial charge in [0.1, 0.15) is 5.75 Å². The number of hydrogen-bond donors (Lipinski definition) is 2. The Labute approximate surface area is 322 Å². The SMILES string of the molecule is CCCCCCOc1cc2c(O)n(-c3c(C(C)C)cccc3C(C)C)c(=O)c3c4c(c5c(=O)n(-c6c(C(C)C)cccc6C(C)C)c(O)c1c5c23)=NCCN=4. The third kappa shape index (κ3) is 6.07. The molecule has 0 bridgehead atoms. The molecular weight excluding hydrogens is 689 g/mol. The molecule has 0 saturated heterocycles. The van der Waals surface area contributed by atoms with E-state index in [1.165, 1.54) is 9.13 Å². The van der Waals surface area contributed by atoms with Gasteiger partial charge in [0.05, 0.1) is 57.9 Å². The molecule has 55 heavy (non-hydrogen) atoms. The molecule has 3 heterocycles. The van der Waals surface area contributed by atoms with Crippen LogP contribution >= 0.6 is 0 Å². The molecule has 0 atom stereocenters. The van der Waals surface area contributed by atoms with E-state index >= 15 is 9.59 Å². The number of ether oxygens (including phenoxy) is 1. The van der Waals surface area contributed by atoms with Gasteiger partial charge in [-0.25, -0.2) is 9.13 Å². The maximum atomic E-state index is 15.3. The minimum atomic E-state index is -0.462. The molecule has 0 radical (unpaired) electrons. The largest absolute Gasteiger partial charge is 0.494 e. The smallest absolute Gasteiger partial charge is 0.268 e. The average molecular weight is 743 g/mol. The molecule has 1 aliphatic rings. The van der Waals surface area contributed by atoms with Crippen molar-refractivity contribution in [2.24, 2.45) is 9.98 Å². The van der Waals surface area contributed by atoms with Gasteiger partial charge in [-0.3, -0.25) is 19.6 Å². The highest BCUT2D eigenvalue weighted by molar-refractivity contribution is 6.26. The number of hydrogen-bond acceptors (Lipinski definition) is 7. The second-order valence-corrected chi connectivity index (χ2v) is 16.3. The predicted molar refractivity (Wildman–Crippen MR) is 223 cm³/mol. The summed E-state index contributed by atoms with van der Waals surface area (Å²) in [6.45, 7) is 19.8. The number of aromatic nitrogens is 2. The van der Waals surface area contributed by atoms with Gasteiger partial charge in [-0.1, -0.05) is 118 Å². The Hall–Kier alpha value is -5.18. The van der Waals surface area contributed by atoms with Crippen molar-refractivity contribution in [2.45, 2.75) is 112 Å². The van der Waals surface area contributed by atoms with Crippen LogP contribution in [0.15, 0.2) is 62.0 Å². The van der Waals surface area contributed by atoms with Gasteiger partial charge in [-0.05, 0) is 58.4 Å². The van der Waals surface area contributed by atoms with Crippen molar-refractivity contribution < 1.29 is 14.9 Å². The van der Waals surface area contributed by atoms with Crippen LogP contribution in [0.3, 0.4) is 0 Å². The van der Waals surface area contributed by atoms with Crippen LogP contribution in [-0.4, -0.2) is 39.0 Å². The van der Waals surface area contributed by atoms with Crippen LogP contribution in [0.4, 0.5) is 0 Å². The molecule has 4 aromatic carbocycles. The lowest BCUT2D eigenvalue weighted by atomic mass is 9.90. The van der Waals surface area contributed by atoms with Gasteiger partial charge in [0.15, 0.2) is 0 Å². The maximum absolute atomic E-state index is 15.3. The standard InChI is InChI=1S/C46H54N4O5/c1-10-11-12-13-22-55-33-23-32-34-36-35(33)44(52)50(42-30(26(6)7)18-15-19-31(42)27(8)9)46(54)38(36)40-39(47-20-21-48-40)37(34)45(53)49(43(32)51)41-28(24(2)3)16-14-17-29(41)25(4)5/h14-19,23-27,51-52H,10-13,20-22H2,1-9H3. The fourth-order valence-electron chi connectivity index (χ4n) is 8.52. The number of aromatic hydroxyl groups is 2. The molecule has 0 amide bonds. The fraction of sp³-hybridized carbons (Fsp3) is 0.435. The van der Waals surface area contributed by atoms with Gasteiger partial charge in [0, 0.05) is 16.2 Å². The zero-order valence-corrected chi connectivity index (χ0v) is 33.7. The highest BCUT2D eigenvalue weighted by Crippen LogP contribution is 2.46. The average Bonchev–Trinajstić information content (AvgIpc) is 3.15. The summed E-state index contributed by atoms with van der Waals surface area (Å²) < 4.78 is 9.45. The lowest BCUT2D eigenvalue weighted by Gasteiger charge is -2.26. The quantitative estimate of drug-likeness (QED) is 0.0959. The van der Waals surface area contributed by atoms with Crippen LogP contribution in [0.25, 0.3) is 43.7 Å². The van der Waals surface area contributed by atoms with E-state index in [9.17, 15) is 10.2 Å². The molecule has 288 valence electrons. The van der Waals surface area contributed by atoms with Crippen LogP contribution in [0.1, 0.15) is 134 Å². The molecule has 9 heteroatoms. The summed E-state index contributed by atoms with van der Waals surface area (Å²) in [7, 11) is 0. The van der Waals surface area contributed by atoms with Crippen LogP contribution in [0, 0.1) is 0 Å². The first-order valence-corrected chi connectivity index (χ1v) is 20.1. The topological polar surface area (TPSA) is 118 Å². The minimum Gasteiger partial charge on any atom is -0.494 e.